The molecule has 1 aliphatic carbocycles. The van der Waals surface area contributed by atoms with Crippen molar-refractivity contribution in [2.45, 2.75) is 45.6 Å². The van der Waals surface area contributed by atoms with E-state index >= 15 is 0 Å². The maximum absolute atomic E-state index is 11.9. The molecular formula is C16H22BrNO2. The molecule has 0 aliphatic heterocycles. The lowest BCUT2D eigenvalue weighted by Crippen LogP contribution is -2.55. The van der Waals surface area contributed by atoms with Gasteiger partial charge in [0.15, 0.2) is 0 Å². The molecule has 1 fully saturated rings. The van der Waals surface area contributed by atoms with Gasteiger partial charge < -0.3 is 10.4 Å². The fourth-order valence-electron chi connectivity index (χ4n) is 3.27. The standard InChI is InChI=1S/C16H22BrNO2/c1-11-10-15(2,3)7-8-16(11,14(19)20)18-13-6-4-5-12(17)9-13/h4-6,9,11,18H,7-8,10H2,1-3H3,(H,19,20). The van der Waals surface area contributed by atoms with Crippen LogP contribution in [-0.2, 0) is 4.79 Å². The van der Waals surface area contributed by atoms with E-state index in [2.05, 4.69) is 35.1 Å². The Labute approximate surface area is 128 Å². The lowest BCUT2D eigenvalue weighted by molar-refractivity contribution is -0.146. The topological polar surface area (TPSA) is 49.3 Å². The molecule has 1 aromatic rings. The molecule has 0 radical (unpaired) electrons. The van der Waals surface area contributed by atoms with Crippen molar-refractivity contribution < 1.29 is 9.90 Å². The minimum Gasteiger partial charge on any atom is -0.479 e. The minimum absolute atomic E-state index is 0.0859. The number of hydrogen-bond acceptors (Lipinski definition) is 2. The van der Waals surface area contributed by atoms with E-state index in [4.69, 9.17) is 0 Å². The van der Waals surface area contributed by atoms with Gasteiger partial charge in [0.2, 0.25) is 0 Å². The van der Waals surface area contributed by atoms with E-state index in [1.165, 1.54) is 0 Å². The predicted octanol–water partition coefficient (Wildman–Crippen LogP) is 4.53. The number of carbonyl (C=O) groups is 1. The Morgan fingerprint density at radius 3 is 2.65 bits per heavy atom. The van der Waals surface area contributed by atoms with E-state index in [1.54, 1.807) is 0 Å². The summed E-state index contributed by atoms with van der Waals surface area (Å²) in [7, 11) is 0. The quantitative estimate of drug-likeness (QED) is 0.850. The van der Waals surface area contributed by atoms with Crippen LogP contribution in [0.25, 0.3) is 0 Å². The highest BCUT2D eigenvalue weighted by atomic mass is 79.9. The van der Waals surface area contributed by atoms with E-state index < -0.39 is 11.5 Å². The van der Waals surface area contributed by atoms with Gasteiger partial charge in [-0.2, -0.15) is 0 Å². The summed E-state index contributed by atoms with van der Waals surface area (Å²) in [6.07, 6.45) is 2.49. The summed E-state index contributed by atoms with van der Waals surface area (Å²) < 4.78 is 0.951. The molecule has 4 heteroatoms. The average molecular weight is 340 g/mol. The molecule has 1 saturated carbocycles. The first-order valence-electron chi connectivity index (χ1n) is 7.02. The first-order chi connectivity index (χ1) is 9.25. The van der Waals surface area contributed by atoms with Crippen LogP contribution in [0.5, 0.6) is 0 Å². The Bertz CT molecular complexity index is 515. The van der Waals surface area contributed by atoms with Crippen LogP contribution in [0, 0.1) is 11.3 Å². The number of halogens is 1. The van der Waals surface area contributed by atoms with Gasteiger partial charge in [-0.15, -0.1) is 0 Å². The average Bonchev–Trinajstić information content (AvgIpc) is 2.32. The zero-order valence-electron chi connectivity index (χ0n) is 12.2. The van der Waals surface area contributed by atoms with Crippen molar-refractivity contribution in [3.05, 3.63) is 28.7 Å². The molecule has 0 saturated heterocycles. The predicted molar refractivity (Wildman–Crippen MR) is 84.9 cm³/mol. The number of nitrogens with one attached hydrogen (secondary N) is 1. The smallest absolute Gasteiger partial charge is 0.329 e. The summed E-state index contributed by atoms with van der Waals surface area (Å²) in [5.74, 6) is -0.664. The Hall–Kier alpha value is -1.03. The number of anilines is 1. The molecule has 0 heterocycles. The lowest BCUT2D eigenvalue weighted by atomic mass is 9.63. The first-order valence-corrected chi connectivity index (χ1v) is 7.82. The van der Waals surface area contributed by atoms with Crippen molar-refractivity contribution in [2.24, 2.45) is 11.3 Å². The van der Waals surface area contributed by atoms with Gasteiger partial charge in [0.25, 0.3) is 0 Å². The Balaban J connectivity index is 2.29. The maximum atomic E-state index is 11.9. The zero-order chi connectivity index (χ0) is 15.0. The monoisotopic (exact) mass is 339 g/mol. The SMILES string of the molecule is CC1CC(C)(C)CCC1(Nc1cccc(Br)c1)C(=O)O. The molecule has 2 rings (SSSR count). The van der Waals surface area contributed by atoms with Crippen LogP contribution in [-0.4, -0.2) is 16.6 Å². The number of aliphatic carboxylic acids is 1. The second kappa shape index (κ2) is 5.40. The van der Waals surface area contributed by atoms with Crippen molar-refractivity contribution in [1.82, 2.24) is 0 Å². The summed E-state index contributed by atoms with van der Waals surface area (Å²) >= 11 is 3.43. The van der Waals surface area contributed by atoms with Gasteiger partial charge in [0, 0.05) is 10.2 Å². The molecule has 2 atom stereocenters. The molecule has 0 aromatic heterocycles. The number of carboxylic acid groups (broad SMARTS) is 1. The molecule has 0 amide bonds. The zero-order valence-corrected chi connectivity index (χ0v) is 13.8. The van der Waals surface area contributed by atoms with Gasteiger partial charge in [-0.25, -0.2) is 4.79 Å². The van der Waals surface area contributed by atoms with Crippen molar-refractivity contribution in [2.75, 3.05) is 5.32 Å². The molecule has 110 valence electrons. The third-order valence-electron chi connectivity index (χ3n) is 4.47. The summed E-state index contributed by atoms with van der Waals surface area (Å²) in [4.78, 5) is 11.9. The third-order valence-corrected chi connectivity index (χ3v) is 4.96. The molecular weight excluding hydrogens is 318 g/mol. The minimum atomic E-state index is -0.865. The van der Waals surface area contributed by atoms with Crippen molar-refractivity contribution in [3.8, 4) is 0 Å². The van der Waals surface area contributed by atoms with Crippen molar-refractivity contribution >= 4 is 27.6 Å². The van der Waals surface area contributed by atoms with E-state index in [9.17, 15) is 9.90 Å². The highest BCUT2D eigenvalue weighted by Gasteiger charge is 2.49. The molecule has 0 spiro atoms. The lowest BCUT2D eigenvalue weighted by Gasteiger charge is -2.46. The number of benzene rings is 1. The highest BCUT2D eigenvalue weighted by Crippen LogP contribution is 2.45. The van der Waals surface area contributed by atoms with Crippen LogP contribution in [0.2, 0.25) is 0 Å². The van der Waals surface area contributed by atoms with Crippen molar-refractivity contribution in [3.63, 3.8) is 0 Å². The summed E-state index contributed by atoms with van der Waals surface area (Å²) in [5.41, 5.74) is 0.210. The molecule has 2 unspecified atom stereocenters. The van der Waals surface area contributed by atoms with Crippen LogP contribution < -0.4 is 5.32 Å². The summed E-state index contributed by atoms with van der Waals surface area (Å²) in [5, 5.41) is 13.1. The first kappa shape index (κ1) is 15.4. The van der Waals surface area contributed by atoms with Gasteiger partial charge >= 0.3 is 5.97 Å². The fourth-order valence-corrected chi connectivity index (χ4v) is 3.67. The van der Waals surface area contributed by atoms with Crippen LogP contribution in [0.15, 0.2) is 28.7 Å². The largest absolute Gasteiger partial charge is 0.479 e. The Morgan fingerprint density at radius 2 is 2.10 bits per heavy atom. The normalized spacial score (nSPS) is 28.9. The second-order valence-corrected chi connectivity index (χ2v) is 7.60. The molecule has 20 heavy (non-hydrogen) atoms. The van der Waals surface area contributed by atoms with E-state index in [0.717, 1.165) is 23.0 Å². The highest BCUT2D eigenvalue weighted by molar-refractivity contribution is 9.10. The Morgan fingerprint density at radius 1 is 1.40 bits per heavy atom. The summed E-state index contributed by atoms with van der Waals surface area (Å²) in [6, 6.07) is 7.70. The van der Waals surface area contributed by atoms with Crippen LogP contribution >= 0.6 is 15.9 Å². The second-order valence-electron chi connectivity index (χ2n) is 6.68. The molecule has 1 aliphatic rings. The third kappa shape index (κ3) is 3.00. The van der Waals surface area contributed by atoms with Crippen LogP contribution in [0.3, 0.4) is 0 Å². The van der Waals surface area contributed by atoms with Gasteiger partial charge in [0.1, 0.15) is 5.54 Å². The van der Waals surface area contributed by atoms with Gasteiger partial charge in [-0.1, -0.05) is 42.8 Å². The van der Waals surface area contributed by atoms with Gasteiger partial charge in [-0.3, -0.25) is 0 Å². The number of rotatable bonds is 3. The summed E-state index contributed by atoms with van der Waals surface area (Å²) in [6.45, 7) is 6.47. The molecule has 3 nitrogen and oxygen atoms in total. The molecule has 0 bridgehead atoms. The fraction of sp³-hybridized carbons (Fsp3) is 0.562. The number of carboxylic acids is 1. The van der Waals surface area contributed by atoms with E-state index in [1.807, 2.05) is 31.2 Å². The maximum Gasteiger partial charge on any atom is 0.329 e. The van der Waals surface area contributed by atoms with Crippen molar-refractivity contribution in [1.29, 1.82) is 0 Å². The number of hydrogen-bond donors (Lipinski definition) is 2. The molecule has 2 N–H and O–H groups in total. The molecule has 1 aromatic carbocycles. The van der Waals surface area contributed by atoms with E-state index in [-0.39, 0.29) is 11.3 Å². The Kier molecular flexibility index (Phi) is 4.14. The van der Waals surface area contributed by atoms with Crippen LogP contribution in [0.1, 0.15) is 40.0 Å². The van der Waals surface area contributed by atoms with Gasteiger partial charge in [0.05, 0.1) is 0 Å². The van der Waals surface area contributed by atoms with E-state index in [0.29, 0.717) is 6.42 Å². The van der Waals surface area contributed by atoms with Crippen LogP contribution in [0.4, 0.5) is 5.69 Å². The van der Waals surface area contributed by atoms with Gasteiger partial charge in [-0.05, 0) is 48.8 Å².